The van der Waals surface area contributed by atoms with Crippen LogP contribution in [0.15, 0.2) is 34.9 Å². The molecule has 0 aliphatic carbocycles. The van der Waals surface area contributed by atoms with Crippen LogP contribution in [0.2, 0.25) is 0 Å². The molecular formula is C12H14O. The predicted molar refractivity (Wildman–Crippen MR) is 54.9 cm³/mol. The van der Waals surface area contributed by atoms with Gasteiger partial charge in [-0.05, 0) is 29.2 Å². The van der Waals surface area contributed by atoms with Crippen molar-refractivity contribution in [2.75, 3.05) is 0 Å². The van der Waals surface area contributed by atoms with Gasteiger partial charge in [0.05, 0.1) is 6.26 Å². The topological polar surface area (TPSA) is 13.1 Å². The third kappa shape index (κ3) is 1.46. The molecule has 0 N–H and O–H groups in total. The van der Waals surface area contributed by atoms with Gasteiger partial charge in [0.1, 0.15) is 5.58 Å². The molecule has 0 aliphatic rings. The highest BCUT2D eigenvalue weighted by Gasteiger charge is 2.13. The molecule has 1 heterocycles. The average Bonchev–Trinajstić information content (AvgIpc) is 2.47. The van der Waals surface area contributed by atoms with Crippen LogP contribution in [0.3, 0.4) is 0 Å². The van der Waals surface area contributed by atoms with Crippen LogP contribution in [0.4, 0.5) is 0 Å². The molecule has 0 fully saturated rings. The average molecular weight is 174 g/mol. The molecule has 0 saturated carbocycles. The zero-order chi connectivity index (χ0) is 9.47. The molecule has 68 valence electrons. The van der Waals surface area contributed by atoms with Crippen molar-refractivity contribution in [2.45, 2.75) is 26.2 Å². The lowest BCUT2D eigenvalue weighted by Crippen LogP contribution is -2.10. The molecule has 0 atom stereocenters. The normalized spacial score (nSPS) is 12.2. The Kier molecular flexibility index (Phi) is 1.69. The van der Waals surface area contributed by atoms with Crippen LogP contribution in [-0.2, 0) is 5.41 Å². The number of rotatable bonds is 0. The minimum Gasteiger partial charge on any atom is -0.464 e. The Bertz CT molecular complexity index is 418. The second-order valence-corrected chi connectivity index (χ2v) is 4.42. The van der Waals surface area contributed by atoms with Crippen molar-refractivity contribution in [3.05, 3.63) is 36.1 Å². The van der Waals surface area contributed by atoms with Gasteiger partial charge >= 0.3 is 0 Å². The van der Waals surface area contributed by atoms with Crippen molar-refractivity contribution in [2.24, 2.45) is 0 Å². The van der Waals surface area contributed by atoms with Gasteiger partial charge in [0, 0.05) is 5.39 Å². The third-order valence-corrected chi connectivity index (χ3v) is 2.32. The van der Waals surface area contributed by atoms with Crippen molar-refractivity contribution in [1.29, 1.82) is 0 Å². The summed E-state index contributed by atoms with van der Waals surface area (Å²) in [5.41, 5.74) is 2.53. The first-order chi connectivity index (χ1) is 6.07. The predicted octanol–water partition coefficient (Wildman–Crippen LogP) is 3.73. The summed E-state index contributed by atoms with van der Waals surface area (Å²) < 4.78 is 5.29. The van der Waals surface area contributed by atoms with Crippen LogP contribution in [0.1, 0.15) is 26.3 Å². The molecule has 0 bridgehead atoms. The Morgan fingerprint density at radius 2 is 1.85 bits per heavy atom. The monoisotopic (exact) mass is 174 g/mol. The maximum atomic E-state index is 5.29. The van der Waals surface area contributed by atoms with Crippen LogP contribution in [0.5, 0.6) is 0 Å². The van der Waals surface area contributed by atoms with Crippen molar-refractivity contribution >= 4 is 11.0 Å². The number of fused-ring (bicyclic) bond motifs is 1. The first-order valence-corrected chi connectivity index (χ1v) is 4.55. The van der Waals surface area contributed by atoms with E-state index in [0.29, 0.717) is 0 Å². The quantitative estimate of drug-likeness (QED) is 0.593. The van der Waals surface area contributed by atoms with E-state index in [0.717, 1.165) is 5.58 Å². The summed E-state index contributed by atoms with van der Waals surface area (Å²) in [6, 6.07) is 8.37. The zero-order valence-corrected chi connectivity index (χ0v) is 8.29. The summed E-state index contributed by atoms with van der Waals surface area (Å²) in [7, 11) is 0. The molecule has 2 rings (SSSR count). The highest BCUT2D eigenvalue weighted by Crippen LogP contribution is 2.26. The van der Waals surface area contributed by atoms with E-state index in [1.807, 2.05) is 12.1 Å². The molecule has 1 aromatic carbocycles. The molecule has 1 nitrogen and oxygen atoms in total. The van der Waals surface area contributed by atoms with Gasteiger partial charge < -0.3 is 4.42 Å². The lowest BCUT2D eigenvalue weighted by atomic mass is 9.87. The van der Waals surface area contributed by atoms with Gasteiger partial charge in [-0.25, -0.2) is 0 Å². The lowest BCUT2D eigenvalue weighted by Gasteiger charge is -2.18. The minimum atomic E-state index is 0.214. The second kappa shape index (κ2) is 2.63. The van der Waals surface area contributed by atoms with Crippen molar-refractivity contribution in [3.63, 3.8) is 0 Å². The van der Waals surface area contributed by atoms with E-state index in [4.69, 9.17) is 4.42 Å². The number of benzene rings is 1. The molecule has 13 heavy (non-hydrogen) atoms. The van der Waals surface area contributed by atoms with E-state index in [1.54, 1.807) is 6.26 Å². The van der Waals surface area contributed by atoms with E-state index >= 15 is 0 Å². The smallest absolute Gasteiger partial charge is 0.133 e. The SMILES string of the molecule is CC(C)(C)c1ccc2occc2c1. The molecule has 1 aromatic heterocycles. The van der Waals surface area contributed by atoms with Crippen molar-refractivity contribution in [3.8, 4) is 0 Å². The van der Waals surface area contributed by atoms with Gasteiger partial charge in [0.2, 0.25) is 0 Å². The second-order valence-electron chi connectivity index (χ2n) is 4.42. The Morgan fingerprint density at radius 1 is 1.08 bits per heavy atom. The first kappa shape index (κ1) is 8.36. The lowest BCUT2D eigenvalue weighted by molar-refractivity contribution is 0.589. The summed E-state index contributed by atoms with van der Waals surface area (Å²) in [5.74, 6) is 0. The number of furan rings is 1. The van der Waals surface area contributed by atoms with Crippen LogP contribution in [-0.4, -0.2) is 0 Å². The molecule has 2 aromatic rings. The van der Waals surface area contributed by atoms with E-state index < -0.39 is 0 Å². The van der Waals surface area contributed by atoms with Crippen LogP contribution in [0.25, 0.3) is 11.0 Å². The maximum Gasteiger partial charge on any atom is 0.133 e. The fourth-order valence-corrected chi connectivity index (χ4v) is 1.43. The van der Waals surface area contributed by atoms with E-state index in [-0.39, 0.29) is 5.41 Å². The van der Waals surface area contributed by atoms with Crippen LogP contribution < -0.4 is 0 Å². The van der Waals surface area contributed by atoms with E-state index in [2.05, 4.69) is 32.9 Å². The maximum absolute atomic E-state index is 5.29. The first-order valence-electron chi connectivity index (χ1n) is 4.55. The molecule has 0 amide bonds. The third-order valence-electron chi connectivity index (χ3n) is 2.32. The van der Waals surface area contributed by atoms with Gasteiger partial charge in [-0.2, -0.15) is 0 Å². The molecule has 0 radical (unpaired) electrons. The Morgan fingerprint density at radius 3 is 2.54 bits per heavy atom. The molecule has 0 aliphatic heterocycles. The highest BCUT2D eigenvalue weighted by molar-refractivity contribution is 5.77. The van der Waals surface area contributed by atoms with Gasteiger partial charge in [0.25, 0.3) is 0 Å². The van der Waals surface area contributed by atoms with Crippen LogP contribution in [0, 0.1) is 0 Å². The Labute approximate surface area is 78.4 Å². The van der Waals surface area contributed by atoms with Gasteiger partial charge in [-0.1, -0.05) is 26.8 Å². The molecular weight excluding hydrogens is 160 g/mol. The summed E-state index contributed by atoms with van der Waals surface area (Å²) >= 11 is 0. The standard InChI is InChI=1S/C12H14O/c1-12(2,3)10-4-5-11-9(8-10)6-7-13-11/h4-8H,1-3H3. The molecule has 0 spiro atoms. The summed E-state index contributed by atoms with van der Waals surface area (Å²) in [4.78, 5) is 0. The number of hydrogen-bond acceptors (Lipinski definition) is 1. The van der Waals surface area contributed by atoms with Crippen LogP contribution >= 0.6 is 0 Å². The summed E-state index contributed by atoms with van der Waals surface area (Å²) in [6.07, 6.45) is 1.73. The van der Waals surface area contributed by atoms with E-state index in [1.165, 1.54) is 10.9 Å². The number of hydrogen-bond donors (Lipinski definition) is 0. The minimum absolute atomic E-state index is 0.214. The summed E-state index contributed by atoms with van der Waals surface area (Å²) in [5, 5.41) is 1.19. The van der Waals surface area contributed by atoms with E-state index in [9.17, 15) is 0 Å². The largest absolute Gasteiger partial charge is 0.464 e. The molecule has 0 saturated heterocycles. The Hall–Kier alpha value is -1.24. The van der Waals surface area contributed by atoms with Gasteiger partial charge in [-0.15, -0.1) is 0 Å². The fourth-order valence-electron chi connectivity index (χ4n) is 1.43. The fraction of sp³-hybridized carbons (Fsp3) is 0.333. The summed E-state index contributed by atoms with van der Waals surface area (Å²) in [6.45, 7) is 6.65. The zero-order valence-electron chi connectivity index (χ0n) is 8.29. The van der Waals surface area contributed by atoms with Gasteiger partial charge in [-0.3, -0.25) is 0 Å². The van der Waals surface area contributed by atoms with Crippen molar-refractivity contribution in [1.82, 2.24) is 0 Å². The highest BCUT2D eigenvalue weighted by atomic mass is 16.3. The van der Waals surface area contributed by atoms with Crippen molar-refractivity contribution < 1.29 is 4.42 Å². The van der Waals surface area contributed by atoms with Gasteiger partial charge in [0.15, 0.2) is 0 Å². The molecule has 0 unspecified atom stereocenters. The molecule has 1 heteroatoms. The Balaban J connectivity index is 2.61.